The van der Waals surface area contributed by atoms with Crippen molar-refractivity contribution < 1.29 is 14.0 Å². The van der Waals surface area contributed by atoms with Gasteiger partial charge in [-0.05, 0) is 87.6 Å². The molecule has 2 bridgehead atoms. The minimum atomic E-state index is -0.426. The van der Waals surface area contributed by atoms with Crippen LogP contribution >= 0.6 is 0 Å². The van der Waals surface area contributed by atoms with Gasteiger partial charge >= 0.3 is 0 Å². The molecule has 1 aliphatic carbocycles. The molecule has 7 nitrogen and oxygen atoms in total. The second kappa shape index (κ2) is 9.98. The predicted octanol–water partition coefficient (Wildman–Crippen LogP) is 4.68. The lowest BCUT2D eigenvalue weighted by Gasteiger charge is -2.50. The van der Waals surface area contributed by atoms with E-state index in [1.807, 2.05) is 30.8 Å². The third kappa shape index (κ3) is 4.31. The van der Waals surface area contributed by atoms with E-state index in [0.29, 0.717) is 41.1 Å². The number of carbonyl (C=O) groups excluding carboxylic acids is 2. The number of hydrogen-bond donors (Lipinski definition) is 0. The van der Waals surface area contributed by atoms with Crippen molar-refractivity contribution >= 4 is 22.7 Å². The SMILES string of the molecule is CC(=O)N1CC2CC1C2C(C)N1CC(Cc2cn(-c3ccc(F)cc3C(=O)N(C)C(C)C)c3cncc(C)c23)C1. The van der Waals surface area contributed by atoms with Crippen molar-refractivity contribution in [3.63, 3.8) is 0 Å². The first-order valence-electron chi connectivity index (χ1n) is 14.6. The molecule has 3 aromatic rings. The average Bonchev–Trinajstić information content (AvgIpc) is 3.58. The van der Waals surface area contributed by atoms with Crippen molar-refractivity contribution in [1.82, 2.24) is 24.3 Å². The van der Waals surface area contributed by atoms with Crippen LogP contribution < -0.4 is 0 Å². The number of rotatable bonds is 7. The Hall–Kier alpha value is -3.26. The standard InChI is InChI=1S/C32H40FN5O2/c1-18(2)35(6)32(40)26-11-25(33)7-8-27(26)38-17-23(30-19(3)12-34-13-29(30)38)9-22-14-36(15-22)20(4)31-24-10-28(31)37(16-24)21(5)39/h7-8,11-13,17-18,20,22,24,28,31H,9-10,14-16H2,1-6H3. The maximum Gasteiger partial charge on any atom is 0.256 e. The van der Waals surface area contributed by atoms with Crippen molar-refractivity contribution in [2.45, 2.75) is 65.6 Å². The zero-order chi connectivity index (χ0) is 28.5. The van der Waals surface area contributed by atoms with Gasteiger partial charge in [0.25, 0.3) is 5.91 Å². The summed E-state index contributed by atoms with van der Waals surface area (Å²) in [4.78, 5) is 36.2. The summed E-state index contributed by atoms with van der Waals surface area (Å²) in [5.74, 6) is 1.37. The molecule has 4 aliphatic rings. The molecule has 0 spiro atoms. The van der Waals surface area contributed by atoms with E-state index in [1.165, 1.54) is 24.1 Å². The van der Waals surface area contributed by atoms with Gasteiger partial charge in [0.05, 0.1) is 23.0 Å². The van der Waals surface area contributed by atoms with Crippen LogP contribution in [0, 0.1) is 30.5 Å². The van der Waals surface area contributed by atoms with E-state index in [4.69, 9.17) is 0 Å². The largest absolute Gasteiger partial charge is 0.339 e. The van der Waals surface area contributed by atoms with Crippen molar-refractivity contribution in [1.29, 1.82) is 0 Å². The van der Waals surface area contributed by atoms with Gasteiger partial charge in [0.1, 0.15) is 5.82 Å². The predicted molar refractivity (Wildman–Crippen MR) is 154 cm³/mol. The monoisotopic (exact) mass is 545 g/mol. The van der Waals surface area contributed by atoms with Gasteiger partial charge in [-0.1, -0.05) is 0 Å². The molecule has 4 atom stereocenters. The minimum absolute atomic E-state index is 0.00545. The molecule has 5 heterocycles. The summed E-state index contributed by atoms with van der Waals surface area (Å²) >= 11 is 0. The second-order valence-electron chi connectivity index (χ2n) is 12.6. The summed E-state index contributed by atoms with van der Waals surface area (Å²) in [6.07, 6.45) is 7.96. The van der Waals surface area contributed by atoms with E-state index >= 15 is 0 Å². The molecule has 3 aliphatic heterocycles. The molecule has 7 rings (SSSR count). The molecule has 40 heavy (non-hydrogen) atoms. The van der Waals surface area contributed by atoms with E-state index in [1.54, 1.807) is 24.9 Å². The van der Waals surface area contributed by atoms with E-state index in [9.17, 15) is 14.0 Å². The smallest absolute Gasteiger partial charge is 0.256 e. The lowest BCUT2D eigenvalue weighted by atomic mass is 9.69. The third-order valence-electron chi connectivity index (χ3n) is 9.92. The molecule has 1 aromatic carbocycles. The lowest BCUT2D eigenvalue weighted by molar-refractivity contribution is -0.130. The zero-order valence-electron chi connectivity index (χ0n) is 24.4. The number of nitrogens with zero attached hydrogens (tertiary/aromatic N) is 5. The van der Waals surface area contributed by atoms with Crippen molar-refractivity contribution in [2.24, 2.45) is 17.8 Å². The van der Waals surface area contributed by atoms with Crippen LogP contribution in [0.1, 0.15) is 55.6 Å². The van der Waals surface area contributed by atoms with Crippen molar-refractivity contribution in [3.8, 4) is 5.69 Å². The highest BCUT2D eigenvalue weighted by atomic mass is 19.1. The van der Waals surface area contributed by atoms with Crippen LogP contribution in [0.5, 0.6) is 0 Å². The summed E-state index contributed by atoms with van der Waals surface area (Å²) in [6, 6.07) is 5.37. The lowest BCUT2D eigenvalue weighted by Crippen LogP contribution is -2.59. The van der Waals surface area contributed by atoms with E-state index in [-0.39, 0.29) is 17.9 Å². The Labute approximate surface area is 235 Å². The molecule has 8 heteroatoms. The normalized spacial score (nSPS) is 23.4. The quantitative estimate of drug-likeness (QED) is 0.433. The van der Waals surface area contributed by atoms with Gasteiger partial charge in [0.15, 0.2) is 0 Å². The van der Waals surface area contributed by atoms with Crippen molar-refractivity contribution in [2.75, 3.05) is 26.7 Å². The van der Waals surface area contributed by atoms with Gasteiger partial charge in [-0.25, -0.2) is 4.39 Å². The van der Waals surface area contributed by atoms with Crippen LogP contribution in [-0.4, -0.2) is 80.9 Å². The van der Waals surface area contributed by atoms with Crippen LogP contribution in [0.25, 0.3) is 16.6 Å². The van der Waals surface area contributed by atoms with Gasteiger partial charge in [-0.15, -0.1) is 0 Å². The molecule has 2 aromatic heterocycles. The van der Waals surface area contributed by atoms with Crippen LogP contribution in [0.15, 0.2) is 36.8 Å². The number of carbonyl (C=O) groups is 2. The number of pyridine rings is 1. The van der Waals surface area contributed by atoms with Crippen LogP contribution in [0.2, 0.25) is 0 Å². The minimum Gasteiger partial charge on any atom is -0.339 e. The number of likely N-dealkylation sites (tertiary alicyclic amines) is 1. The number of amides is 2. The molecule has 4 fully saturated rings. The van der Waals surface area contributed by atoms with E-state index < -0.39 is 5.82 Å². The topological polar surface area (TPSA) is 61.7 Å². The van der Waals surface area contributed by atoms with Gasteiger partial charge < -0.3 is 14.4 Å². The number of halogens is 1. The number of fused-ring (bicyclic) bond motifs is 2. The Morgan fingerprint density at radius 3 is 2.58 bits per heavy atom. The fourth-order valence-electron chi connectivity index (χ4n) is 7.47. The number of benzene rings is 1. The first kappa shape index (κ1) is 26.9. The average molecular weight is 546 g/mol. The molecule has 0 N–H and O–H groups in total. The van der Waals surface area contributed by atoms with Crippen molar-refractivity contribution in [3.05, 3.63) is 59.3 Å². The number of aromatic nitrogens is 2. The van der Waals surface area contributed by atoms with Gasteiger partial charge in [0.2, 0.25) is 5.91 Å². The number of hydrogen-bond acceptors (Lipinski definition) is 4. The number of aryl methyl sites for hydroxylation is 1. The summed E-state index contributed by atoms with van der Waals surface area (Å²) < 4.78 is 16.4. The molecule has 3 saturated heterocycles. The molecule has 1 saturated carbocycles. The van der Waals surface area contributed by atoms with Crippen LogP contribution in [-0.2, 0) is 11.2 Å². The first-order chi connectivity index (χ1) is 19.0. The van der Waals surface area contributed by atoms with Gasteiger partial charge in [-0.2, -0.15) is 0 Å². The highest BCUT2D eigenvalue weighted by Crippen LogP contribution is 2.50. The summed E-state index contributed by atoms with van der Waals surface area (Å²) in [7, 11) is 1.75. The Morgan fingerprint density at radius 1 is 1.15 bits per heavy atom. The molecule has 0 radical (unpaired) electrons. The second-order valence-corrected chi connectivity index (χ2v) is 12.6. The highest BCUT2D eigenvalue weighted by Gasteiger charge is 2.56. The van der Waals surface area contributed by atoms with Gasteiger partial charge in [-0.3, -0.25) is 19.5 Å². The Balaban J connectivity index is 1.25. The third-order valence-corrected chi connectivity index (χ3v) is 9.92. The highest BCUT2D eigenvalue weighted by molar-refractivity contribution is 5.99. The summed E-state index contributed by atoms with van der Waals surface area (Å²) in [5.41, 5.74) is 4.28. The summed E-state index contributed by atoms with van der Waals surface area (Å²) in [5, 5.41) is 1.16. The molecule has 212 valence electrons. The maximum absolute atomic E-state index is 14.4. The van der Waals surface area contributed by atoms with E-state index in [0.717, 1.165) is 42.5 Å². The Kier molecular flexibility index (Phi) is 6.72. The molecule has 2 amide bonds. The van der Waals surface area contributed by atoms with Crippen LogP contribution in [0.4, 0.5) is 4.39 Å². The Bertz CT molecular complexity index is 1480. The fourth-order valence-corrected chi connectivity index (χ4v) is 7.47. The van der Waals surface area contributed by atoms with Gasteiger partial charge in [0, 0.05) is 69.5 Å². The fraction of sp³-hybridized carbons (Fsp3) is 0.531. The first-order valence-corrected chi connectivity index (χ1v) is 14.6. The van der Waals surface area contributed by atoms with Crippen LogP contribution in [0.3, 0.4) is 0 Å². The molecular weight excluding hydrogens is 505 g/mol. The van der Waals surface area contributed by atoms with E-state index in [2.05, 4.69) is 34.8 Å². The Morgan fingerprint density at radius 2 is 1.90 bits per heavy atom. The molecular formula is C32H40FN5O2. The zero-order valence-corrected chi connectivity index (χ0v) is 24.4. The summed E-state index contributed by atoms with van der Waals surface area (Å²) in [6.45, 7) is 13.0. The molecule has 4 unspecified atom stereocenters. The maximum atomic E-state index is 14.4.